The van der Waals surface area contributed by atoms with Crippen LogP contribution in [0.2, 0.25) is 0 Å². The molecule has 0 amide bonds. The topological polar surface area (TPSA) is 112 Å². The molecule has 1 aromatic heterocycles. The second kappa shape index (κ2) is 3.29. The third kappa shape index (κ3) is 2.46. The first-order valence-electron chi connectivity index (χ1n) is 3.60. The Balaban J connectivity index is 3.37. The van der Waals surface area contributed by atoms with Gasteiger partial charge in [0.05, 0.1) is 6.26 Å². The summed E-state index contributed by atoms with van der Waals surface area (Å²) in [6.45, 7) is 1.42. The fourth-order valence-electron chi connectivity index (χ4n) is 0.908. The van der Waals surface area contributed by atoms with Crippen LogP contribution < -0.4 is 16.0 Å². The molecule has 1 aromatic rings. The highest BCUT2D eigenvalue weighted by molar-refractivity contribution is 7.92. The quantitative estimate of drug-likeness (QED) is 0.576. The maximum absolute atomic E-state index is 11.1. The van der Waals surface area contributed by atoms with Crippen LogP contribution in [0.5, 0.6) is 0 Å². The van der Waals surface area contributed by atoms with Gasteiger partial charge in [0.2, 0.25) is 10.0 Å². The lowest BCUT2D eigenvalue weighted by Crippen LogP contribution is -2.28. The minimum atomic E-state index is -3.53. The van der Waals surface area contributed by atoms with Gasteiger partial charge in [0.15, 0.2) is 0 Å². The Hall–Kier alpha value is -1.57. The Morgan fingerprint density at radius 2 is 1.79 bits per heavy atom. The van der Waals surface area contributed by atoms with E-state index in [1.807, 2.05) is 9.71 Å². The third-order valence-corrected chi connectivity index (χ3v) is 1.99. The van der Waals surface area contributed by atoms with Gasteiger partial charge in [-0.25, -0.2) is 13.2 Å². The molecule has 0 unspecified atom stereocenters. The maximum Gasteiger partial charge on any atom is 0.326 e. The number of rotatable bonds is 2. The van der Waals surface area contributed by atoms with E-state index >= 15 is 0 Å². The first kappa shape index (κ1) is 10.5. The number of anilines is 1. The van der Waals surface area contributed by atoms with Crippen molar-refractivity contribution in [2.24, 2.45) is 0 Å². The molecular formula is C6H9N3O4S. The Labute approximate surface area is 79.2 Å². The Bertz CT molecular complexity index is 553. The summed E-state index contributed by atoms with van der Waals surface area (Å²) in [5.74, 6) is 0. The minimum absolute atomic E-state index is 0.171. The van der Waals surface area contributed by atoms with E-state index in [0.717, 1.165) is 6.26 Å². The van der Waals surface area contributed by atoms with Crippen LogP contribution in [-0.4, -0.2) is 24.6 Å². The van der Waals surface area contributed by atoms with Crippen LogP contribution in [-0.2, 0) is 10.0 Å². The minimum Gasteiger partial charge on any atom is -0.309 e. The molecule has 7 nitrogen and oxygen atoms in total. The molecule has 0 aliphatic rings. The van der Waals surface area contributed by atoms with Gasteiger partial charge in [-0.2, -0.15) is 0 Å². The molecule has 0 bridgehead atoms. The molecule has 8 heteroatoms. The van der Waals surface area contributed by atoms with Crippen LogP contribution in [0.15, 0.2) is 9.59 Å². The first-order valence-corrected chi connectivity index (χ1v) is 5.50. The Morgan fingerprint density at radius 1 is 1.21 bits per heavy atom. The summed E-state index contributed by atoms with van der Waals surface area (Å²) >= 11 is 0. The fourth-order valence-corrected chi connectivity index (χ4v) is 1.52. The van der Waals surface area contributed by atoms with Crippen molar-refractivity contribution in [3.63, 3.8) is 0 Å². The van der Waals surface area contributed by atoms with Gasteiger partial charge in [-0.15, -0.1) is 0 Å². The number of aromatic nitrogens is 2. The van der Waals surface area contributed by atoms with E-state index in [1.165, 1.54) is 6.92 Å². The lowest BCUT2D eigenvalue weighted by atomic mass is 10.4. The molecule has 78 valence electrons. The average molecular weight is 219 g/mol. The fraction of sp³-hybridized carbons (Fsp3) is 0.333. The highest BCUT2D eigenvalue weighted by atomic mass is 32.2. The van der Waals surface area contributed by atoms with Crippen molar-refractivity contribution >= 4 is 15.7 Å². The van der Waals surface area contributed by atoms with Gasteiger partial charge < -0.3 is 4.98 Å². The summed E-state index contributed by atoms with van der Waals surface area (Å²) in [4.78, 5) is 26.0. The first-order chi connectivity index (χ1) is 6.29. The number of aromatic amines is 2. The van der Waals surface area contributed by atoms with Crippen molar-refractivity contribution in [1.82, 2.24) is 9.97 Å². The summed E-state index contributed by atoms with van der Waals surface area (Å²) in [7, 11) is -3.53. The zero-order valence-corrected chi connectivity index (χ0v) is 8.36. The zero-order chi connectivity index (χ0) is 10.9. The molecule has 3 N–H and O–H groups in total. The van der Waals surface area contributed by atoms with Gasteiger partial charge in [0.1, 0.15) is 5.69 Å². The van der Waals surface area contributed by atoms with Gasteiger partial charge in [0, 0.05) is 5.69 Å². The second-order valence-electron chi connectivity index (χ2n) is 2.78. The van der Waals surface area contributed by atoms with Gasteiger partial charge in [-0.05, 0) is 6.92 Å². The van der Waals surface area contributed by atoms with E-state index in [2.05, 4.69) is 4.98 Å². The molecule has 0 spiro atoms. The molecule has 0 radical (unpaired) electrons. The Morgan fingerprint density at radius 3 is 2.21 bits per heavy atom. The predicted molar refractivity (Wildman–Crippen MR) is 50.9 cm³/mol. The van der Waals surface area contributed by atoms with E-state index in [9.17, 15) is 18.0 Å². The van der Waals surface area contributed by atoms with Crippen LogP contribution in [0.25, 0.3) is 0 Å². The number of aryl methyl sites for hydroxylation is 1. The standard InChI is InChI=1S/C6H9N3O4S/c1-3-4(9-14(2,12)13)5(10)8-6(11)7-3/h9H,1-2H3,(H2,7,8,10,11). The normalized spacial score (nSPS) is 11.3. The molecule has 1 rings (SSSR count). The van der Waals surface area contributed by atoms with E-state index in [0.29, 0.717) is 0 Å². The van der Waals surface area contributed by atoms with Crippen LogP contribution >= 0.6 is 0 Å². The van der Waals surface area contributed by atoms with Crippen molar-refractivity contribution in [3.8, 4) is 0 Å². The molecule has 14 heavy (non-hydrogen) atoms. The summed E-state index contributed by atoms with van der Waals surface area (Å²) in [5, 5.41) is 0. The van der Waals surface area contributed by atoms with Gasteiger partial charge in [-0.1, -0.05) is 0 Å². The largest absolute Gasteiger partial charge is 0.326 e. The van der Waals surface area contributed by atoms with Crippen molar-refractivity contribution in [1.29, 1.82) is 0 Å². The number of sulfonamides is 1. The van der Waals surface area contributed by atoms with Crippen molar-refractivity contribution < 1.29 is 8.42 Å². The molecular weight excluding hydrogens is 210 g/mol. The summed E-state index contributed by atoms with van der Waals surface area (Å²) in [6, 6.07) is 0. The molecule has 0 saturated carbocycles. The lowest BCUT2D eigenvalue weighted by molar-refractivity contribution is 0.606. The smallest absolute Gasteiger partial charge is 0.309 e. The third-order valence-electron chi connectivity index (χ3n) is 1.42. The number of hydrogen-bond donors (Lipinski definition) is 3. The maximum atomic E-state index is 11.1. The van der Waals surface area contributed by atoms with Gasteiger partial charge in [0.25, 0.3) is 5.56 Å². The number of H-pyrrole nitrogens is 2. The van der Waals surface area contributed by atoms with E-state index in [-0.39, 0.29) is 11.4 Å². The summed E-state index contributed by atoms with van der Waals surface area (Å²) < 4.78 is 23.7. The van der Waals surface area contributed by atoms with Crippen molar-refractivity contribution in [2.75, 3.05) is 11.0 Å². The summed E-state index contributed by atoms with van der Waals surface area (Å²) in [6.07, 6.45) is 0.914. The molecule has 0 aliphatic heterocycles. The molecule has 0 atom stereocenters. The summed E-state index contributed by atoms with van der Waals surface area (Å²) in [5.41, 5.74) is -1.44. The van der Waals surface area contributed by atoms with E-state index < -0.39 is 21.3 Å². The molecule has 1 heterocycles. The Kier molecular flexibility index (Phi) is 2.47. The van der Waals surface area contributed by atoms with Crippen LogP contribution in [0.1, 0.15) is 5.69 Å². The van der Waals surface area contributed by atoms with Gasteiger partial charge >= 0.3 is 5.69 Å². The van der Waals surface area contributed by atoms with Crippen LogP contribution in [0, 0.1) is 6.92 Å². The molecule has 0 saturated heterocycles. The van der Waals surface area contributed by atoms with Crippen LogP contribution in [0.4, 0.5) is 5.69 Å². The molecule has 0 aliphatic carbocycles. The van der Waals surface area contributed by atoms with Crippen molar-refractivity contribution in [2.45, 2.75) is 6.92 Å². The van der Waals surface area contributed by atoms with Crippen LogP contribution in [0.3, 0.4) is 0 Å². The van der Waals surface area contributed by atoms with E-state index in [4.69, 9.17) is 0 Å². The highest BCUT2D eigenvalue weighted by Gasteiger charge is 2.09. The predicted octanol–water partition coefficient (Wildman–Crippen LogP) is -1.26. The number of hydrogen-bond acceptors (Lipinski definition) is 4. The van der Waals surface area contributed by atoms with Crippen molar-refractivity contribution in [3.05, 3.63) is 26.5 Å². The second-order valence-corrected chi connectivity index (χ2v) is 4.53. The monoisotopic (exact) mass is 219 g/mol. The lowest BCUT2D eigenvalue weighted by Gasteiger charge is -2.04. The number of nitrogens with one attached hydrogen (secondary N) is 3. The zero-order valence-electron chi connectivity index (χ0n) is 7.54. The highest BCUT2D eigenvalue weighted by Crippen LogP contribution is 2.03. The van der Waals surface area contributed by atoms with Gasteiger partial charge in [-0.3, -0.25) is 14.5 Å². The molecule has 0 fully saturated rings. The van der Waals surface area contributed by atoms with E-state index in [1.54, 1.807) is 0 Å². The molecule has 0 aromatic carbocycles. The average Bonchev–Trinajstić information content (AvgIpc) is 1.95. The SMILES string of the molecule is Cc1[nH]c(=O)[nH]c(=O)c1NS(C)(=O)=O.